The number of anilines is 2. The smallest absolute Gasteiger partial charge is 0.314 e. The zero-order valence-electron chi connectivity index (χ0n) is 14.4. The second-order valence-corrected chi connectivity index (χ2v) is 5.99. The molecule has 1 amide bonds. The van der Waals surface area contributed by atoms with Gasteiger partial charge in [0, 0.05) is 11.8 Å². The van der Waals surface area contributed by atoms with E-state index in [0.717, 1.165) is 16.8 Å². The highest BCUT2D eigenvalue weighted by Gasteiger charge is 2.18. The molecule has 134 valence electrons. The Morgan fingerprint density at radius 1 is 1.11 bits per heavy atom. The molecule has 0 bridgehead atoms. The van der Waals surface area contributed by atoms with Crippen molar-refractivity contribution in [1.82, 2.24) is 20.4 Å². The number of nitrogens with zero attached hydrogens (tertiary/aromatic N) is 3. The van der Waals surface area contributed by atoms with Gasteiger partial charge in [-0.15, -0.1) is 10.2 Å². The minimum atomic E-state index is -0.551. The molecular formula is C19H16N6O2. The highest BCUT2D eigenvalue weighted by Crippen LogP contribution is 2.24. The van der Waals surface area contributed by atoms with Crippen LogP contribution in [0.2, 0.25) is 0 Å². The summed E-state index contributed by atoms with van der Waals surface area (Å²) in [6.07, 6.45) is 0. The summed E-state index contributed by atoms with van der Waals surface area (Å²) >= 11 is 0. The highest BCUT2D eigenvalue weighted by atomic mass is 16.4. The molecule has 8 heteroatoms. The molecule has 0 unspecified atom stereocenters. The van der Waals surface area contributed by atoms with Crippen LogP contribution in [-0.2, 0) is 0 Å². The second-order valence-electron chi connectivity index (χ2n) is 5.99. The zero-order valence-corrected chi connectivity index (χ0v) is 14.4. The number of rotatable bonds is 4. The van der Waals surface area contributed by atoms with Gasteiger partial charge >= 0.3 is 11.8 Å². The van der Waals surface area contributed by atoms with Gasteiger partial charge in [-0.2, -0.15) is 5.10 Å². The van der Waals surface area contributed by atoms with Gasteiger partial charge < -0.3 is 15.5 Å². The minimum absolute atomic E-state index is 0.173. The van der Waals surface area contributed by atoms with Gasteiger partial charge in [0.05, 0.1) is 11.3 Å². The van der Waals surface area contributed by atoms with Gasteiger partial charge in [-0.1, -0.05) is 42.0 Å². The van der Waals surface area contributed by atoms with Gasteiger partial charge in [-0.25, -0.2) is 0 Å². The molecule has 0 saturated heterocycles. The number of H-pyrrole nitrogens is 1. The van der Waals surface area contributed by atoms with Crippen LogP contribution in [0.4, 0.5) is 11.5 Å². The maximum Gasteiger partial charge on any atom is 0.314 e. The summed E-state index contributed by atoms with van der Waals surface area (Å²) < 4.78 is 5.44. The van der Waals surface area contributed by atoms with Crippen LogP contribution < -0.4 is 11.1 Å². The van der Waals surface area contributed by atoms with Gasteiger partial charge in [0.1, 0.15) is 0 Å². The molecule has 0 aliphatic heterocycles. The van der Waals surface area contributed by atoms with Crippen molar-refractivity contribution in [3.63, 3.8) is 0 Å². The average molecular weight is 360 g/mol. The van der Waals surface area contributed by atoms with E-state index < -0.39 is 5.91 Å². The monoisotopic (exact) mass is 360 g/mol. The minimum Gasteiger partial charge on any atom is -0.412 e. The Bertz CT molecular complexity index is 1100. The molecule has 0 atom stereocenters. The maximum atomic E-state index is 12.3. The summed E-state index contributed by atoms with van der Waals surface area (Å²) in [6, 6.07) is 16.7. The molecule has 4 N–H and O–H groups in total. The van der Waals surface area contributed by atoms with Crippen molar-refractivity contribution < 1.29 is 9.21 Å². The molecule has 8 nitrogen and oxygen atoms in total. The number of nitrogen functional groups attached to an aromatic ring is 1. The molecule has 0 spiro atoms. The van der Waals surface area contributed by atoms with Crippen LogP contribution >= 0.6 is 0 Å². The third kappa shape index (κ3) is 3.40. The number of amides is 1. The van der Waals surface area contributed by atoms with Crippen LogP contribution in [0.1, 0.15) is 16.2 Å². The van der Waals surface area contributed by atoms with E-state index in [-0.39, 0.29) is 11.8 Å². The van der Waals surface area contributed by atoms with Gasteiger partial charge in [0.2, 0.25) is 5.89 Å². The van der Waals surface area contributed by atoms with Crippen molar-refractivity contribution in [2.45, 2.75) is 6.92 Å². The molecule has 0 radical (unpaired) electrons. The predicted molar refractivity (Wildman–Crippen MR) is 101 cm³/mol. The number of aryl methyl sites for hydroxylation is 1. The normalized spacial score (nSPS) is 10.7. The number of carbonyl (C=O) groups excluding carboxylic acids is 1. The van der Waals surface area contributed by atoms with Crippen molar-refractivity contribution in [2.75, 3.05) is 11.1 Å². The molecule has 0 aliphatic carbocycles. The molecule has 2 aromatic heterocycles. The summed E-state index contributed by atoms with van der Waals surface area (Å²) in [5.41, 5.74) is 9.87. The van der Waals surface area contributed by atoms with E-state index >= 15 is 0 Å². The van der Waals surface area contributed by atoms with Gasteiger partial charge in [-0.3, -0.25) is 9.89 Å². The van der Waals surface area contributed by atoms with Gasteiger partial charge in [-0.05, 0) is 24.6 Å². The van der Waals surface area contributed by atoms with Crippen LogP contribution in [0.25, 0.3) is 22.7 Å². The zero-order chi connectivity index (χ0) is 18.8. The molecule has 4 aromatic rings. The predicted octanol–water partition coefficient (Wildman–Crippen LogP) is 3.27. The Hall–Kier alpha value is -3.94. The van der Waals surface area contributed by atoms with Crippen LogP contribution in [0.3, 0.4) is 0 Å². The summed E-state index contributed by atoms with van der Waals surface area (Å²) in [4.78, 5) is 12.3. The highest BCUT2D eigenvalue weighted by molar-refractivity contribution is 6.00. The first-order valence-corrected chi connectivity index (χ1v) is 8.22. The summed E-state index contributed by atoms with van der Waals surface area (Å²) in [6.45, 7) is 2.02. The quantitative estimate of drug-likeness (QED) is 0.480. The van der Waals surface area contributed by atoms with Crippen molar-refractivity contribution in [3.8, 4) is 22.7 Å². The second kappa shape index (κ2) is 6.75. The van der Waals surface area contributed by atoms with E-state index in [1.165, 1.54) is 0 Å². The van der Waals surface area contributed by atoms with E-state index in [9.17, 15) is 4.79 Å². The van der Waals surface area contributed by atoms with Crippen LogP contribution in [-0.4, -0.2) is 26.3 Å². The number of nitrogens with two attached hydrogens (primary N) is 1. The third-order valence-electron chi connectivity index (χ3n) is 3.99. The number of para-hydroxylation sites is 1. The van der Waals surface area contributed by atoms with Gasteiger partial charge in [0.15, 0.2) is 5.82 Å². The number of benzene rings is 2. The number of hydrogen-bond acceptors (Lipinski definition) is 6. The first kappa shape index (κ1) is 16.5. The third-order valence-corrected chi connectivity index (χ3v) is 3.99. The van der Waals surface area contributed by atoms with Crippen molar-refractivity contribution in [3.05, 3.63) is 66.1 Å². The number of aromatic nitrogens is 4. The molecule has 0 fully saturated rings. The fourth-order valence-electron chi connectivity index (χ4n) is 2.55. The van der Waals surface area contributed by atoms with Gasteiger partial charge in [0.25, 0.3) is 0 Å². The van der Waals surface area contributed by atoms with E-state index in [2.05, 4.69) is 25.7 Å². The van der Waals surface area contributed by atoms with E-state index in [1.807, 2.05) is 31.2 Å². The Kier molecular flexibility index (Phi) is 4.13. The van der Waals surface area contributed by atoms with Crippen molar-refractivity contribution in [1.29, 1.82) is 0 Å². The first-order valence-electron chi connectivity index (χ1n) is 8.22. The molecular weight excluding hydrogens is 344 g/mol. The molecule has 2 aromatic carbocycles. The van der Waals surface area contributed by atoms with Crippen LogP contribution in [0.5, 0.6) is 0 Å². The lowest BCUT2D eigenvalue weighted by atomic mass is 10.1. The number of aromatic amines is 1. The number of hydrogen-bond donors (Lipinski definition) is 3. The standard InChI is InChI=1S/C19H16N6O2/c1-11-6-8-12(9-7-11)15-10-16(23-22-15)21-17(26)19-25-24-18(27-19)13-4-2-3-5-14(13)20/h2-10H,20H2,1H3,(H2,21,22,23,26). The summed E-state index contributed by atoms with van der Waals surface area (Å²) in [5, 5.41) is 17.3. The lowest BCUT2D eigenvalue weighted by Gasteiger charge is -1.99. The van der Waals surface area contributed by atoms with Crippen LogP contribution in [0.15, 0.2) is 59.0 Å². The fraction of sp³-hybridized carbons (Fsp3) is 0.0526. The lowest BCUT2D eigenvalue weighted by molar-refractivity contribution is 0.0990. The fourth-order valence-corrected chi connectivity index (χ4v) is 2.55. The Morgan fingerprint density at radius 2 is 1.89 bits per heavy atom. The van der Waals surface area contributed by atoms with E-state index in [0.29, 0.717) is 17.1 Å². The van der Waals surface area contributed by atoms with E-state index in [4.69, 9.17) is 10.2 Å². The Labute approximate surface area is 154 Å². The SMILES string of the molecule is Cc1ccc(-c2cc(NC(=O)c3nnc(-c4ccccc4N)o3)n[nH]2)cc1. The molecule has 2 heterocycles. The van der Waals surface area contributed by atoms with Crippen molar-refractivity contribution >= 4 is 17.4 Å². The average Bonchev–Trinajstić information content (AvgIpc) is 3.32. The Balaban J connectivity index is 1.50. The number of carbonyl (C=O) groups is 1. The van der Waals surface area contributed by atoms with E-state index in [1.54, 1.807) is 30.3 Å². The topological polar surface area (TPSA) is 123 Å². The molecule has 4 rings (SSSR count). The molecule has 27 heavy (non-hydrogen) atoms. The Morgan fingerprint density at radius 3 is 2.67 bits per heavy atom. The molecule has 0 aliphatic rings. The maximum absolute atomic E-state index is 12.3. The number of nitrogens with one attached hydrogen (secondary N) is 2. The van der Waals surface area contributed by atoms with Crippen molar-refractivity contribution in [2.24, 2.45) is 0 Å². The summed E-state index contributed by atoms with van der Waals surface area (Å²) in [5.74, 6) is -0.187. The first-order chi connectivity index (χ1) is 13.1. The van der Waals surface area contributed by atoms with Crippen LogP contribution in [0, 0.1) is 6.92 Å². The molecule has 0 saturated carbocycles. The lowest BCUT2D eigenvalue weighted by Crippen LogP contribution is -2.12. The largest absolute Gasteiger partial charge is 0.412 e. The summed E-state index contributed by atoms with van der Waals surface area (Å²) in [7, 11) is 0.